The predicted molar refractivity (Wildman–Crippen MR) is 131 cm³/mol. The van der Waals surface area contributed by atoms with E-state index >= 15 is 0 Å². The lowest BCUT2D eigenvalue weighted by Gasteiger charge is -2.24. The van der Waals surface area contributed by atoms with Gasteiger partial charge in [0.2, 0.25) is 0 Å². The van der Waals surface area contributed by atoms with E-state index < -0.39 is 20.4 Å². The fourth-order valence-corrected chi connectivity index (χ4v) is 5.33. The summed E-state index contributed by atoms with van der Waals surface area (Å²) in [6.07, 6.45) is 1.53. The monoisotopic (exact) mass is 477 g/mol. The smallest absolute Gasteiger partial charge is 0.270 e. The predicted octanol–water partition coefficient (Wildman–Crippen LogP) is 4.89. The van der Waals surface area contributed by atoms with Crippen molar-refractivity contribution < 1.29 is 18.1 Å². The summed E-state index contributed by atoms with van der Waals surface area (Å²) in [5.74, 6) is -0.361. The molecule has 1 aliphatic heterocycles. The molecule has 3 aromatic rings. The summed E-state index contributed by atoms with van der Waals surface area (Å²) in [6, 6.07) is 18.9. The molecule has 0 fully saturated rings. The third-order valence-corrected chi connectivity index (χ3v) is 7.35. The lowest BCUT2D eigenvalue weighted by Crippen LogP contribution is -2.24. The standard InChI is InChI=1S/C25H23N3O5S/c1-25(2)20-12-5-7-14-22(20)27(3)24(25)16-23(29)19-11-4-6-13-21(19)26-34(32,33)18-10-8-9-17(15-18)28(30)31/h4-16,26H,1-3H3. The van der Waals surface area contributed by atoms with Gasteiger partial charge in [0.15, 0.2) is 5.78 Å². The van der Waals surface area contributed by atoms with Gasteiger partial charge in [-0.15, -0.1) is 0 Å². The van der Waals surface area contributed by atoms with Crippen molar-refractivity contribution in [1.29, 1.82) is 0 Å². The van der Waals surface area contributed by atoms with Gasteiger partial charge in [0.05, 0.1) is 15.5 Å². The molecule has 0 atom stereocenters. The number of nitro groups is 1. The van der Waals surface area contributed by atoms with Crippen LogP contribution in [0.25, 0.3) is 0 Å². The van der Waals surface area contributed by atoms with Gasteiger partial charge in [-0.25, -0.2) is 8.42 Å². The van der Waals surface area contributed by atoms with Gasteiger partial charge in [0.25, 0.3) is 15.7 Å². The number of ketones is 1. The molecule has 0 amide bonds. The van der Waals surface area contributed by atoms with Gasteiger partial charge < -0.3 is 4.90 Å². The summed E-state index contributed by atoms with van der Waals surface area (Å²) in [5, 5.41) is 11.0. The molecule has 0 radical (unpaired) electrons. The van der Waals surface area contributed by atoms with Crippen LogP contribution in [-0.4, -0.2) is 26.2 Å². The minimum Gasteiger partial charge on any atom is -0.347 e. The van der Waals surface area contributed by atoms with E-state index in [1.807, 2.05) is 50.1 Å². The van der Waals surface area contributed by atoms with Gasteiger partial charge >= 0.3 is 0 Å². The van der Waals surface area contributed by atoms with Crippen LogP contribution in [0, 0.1) is 10.1 Å². The summed E-state index contributed by atoms with van der Waals surface area (Å²) in [4.78, 5) is 25.4. The van der Waals surface area contributed by atoms with Crippen LogP contribution in [0.2, 0.25) is 0 Å². The molecular formula is C25H23N3O5S. The van der Waals surface area contributed by atoms with Crippen molar-refractivity contribution in [1.82, 2.24) is 0 Å². The maximum absolute atomic E-state index is 13.3. The van der Waals surface area contributed by atoms with Crippen molar-refractivity contribution >= 4 is 32.9 Å². The Labute approximate surface area is 197 Å². The minimum atomic E-state index is -4.17. The second kappa shape index (κ2) is 8.42. The quantitative estimate of drug-likeness (QED) is 0.234. The van der Waals surface area contributed by atoms with Crippen LogP contribution in [-0.2, 0) is 15.4 Å². The highest BCUT2D eigenvalue weighted by Crippen LogP contribution is 2.46. The van der Waals surface area contributed by atoms with Crippen molar-refractivity contribution in [2.75, 3.05) is 16.7 Å². The van der Waals surface area contributed by atoms with E-state index in [0.717, 1.165) is 23.0 Å². The van der Waals surface area contributed by atoms with Crippen LogP contribution in [0.4, 0.5) is 17.1 Å². The zero-order chi connectivity index (χ0) is 24.7. The number of sulfonamides is 1. The van der Waals surface area contributed by atoms with Gasteiger partial charge in [0, 0.05) is 47.6 Å². The number of hydrogen-bond acceptors (Lipinski definition) is 6. The molecule has 0 aromatic heterocycles. The first-order chi connectivity index (χ1) is 16.0. The Bertz CT molecular complexity index is 1440. The fourth-order valence-electron chi connectivity index (χ4n) is 4.22. The number of anilines is 2. The van der Waals surface area contributed by atoms with Gasteiger partial charge in [-0.05, 0) is 29.8 Å². The maximum atomic E-state index is 13.3. The highest BCUT2D eigenvalue weighted by atomic mass is 32.2. The number of benzene rings is 3. The first-order valence-electron chi connectivity index (χ1n) is 10.5. The molecule has 8 nitrogen and oxygen atoms in total. The molecule has 1 N–H and O–H groups in total. The van der Waals surface area contributed by atoms with Crippen LogP contribution >= 0.6 is 0 Å². The van der Waals surface area contributed by atoms with E-state index in [1.165, 1.54) is 30.3 Å². The van der Waals surface area contributed by atoms with Crippen LogP contribution < -0.4 is 9.62 Å². The molecular weight excluding hydrogens is 454 g/mol. The lowest BCUT2D eigenvalue weighted by atomic mass is 9.83. The Hall–Kier alpha value is -3.98. The van der Waals surface area contributed by atoms with Gasteiger partial charge in [-0.3, -0.25) is 19.6 Å². The number of carbonyl (C=O) groups excluding carboxylic acids is 1. The van der Waals surface area contributed by atoms with E-state index in [1.54, 1.807) is 18.2 Å². The summed E-state index contributed by atoms with van der Waals surface area (Å²) < 4.78 is 28.3. The highest BCUT2D eigenvalue weighted by Gasteiger charge is 2.38. The minimum absolute atomic E-state index is 0.0897. The molecule has 0 aliphatic carbocycles. The number of hydrogen-bond donors (Lipinski definition) is 1. The number of carbonyl (C=O) groups is 1. The first-order valence-corrected chi connectivity index (χ1v) is 12.0. The largest absolute Gasteiger partial charge is 0.347 e. The van der Waals surface area contributed by atoms with E-state index in [0.29, 0.717) is 0 Å². The van der Waals surface area contributed by atoms with Crippen molar-refractivity contribution in [2.24, 2.45) is 0 Å². The SMILES string of the molecule is CN1C(=CC(=O)c2ccccc2NS(=O)(=O)c2cccc([N+](=O)[O-])c2)C(C)(C)c2ccccc21. The number of fused-ring (bicyclic) bond motifs is 1. The van der Waals surface area contributed by atoms with Crippen molar-refractivity contribution in [3.8, 4) is 0 Å². The van der Waals surface area contributed by atoms with Gasteiger partial charge in [0.1, 0.15) is 0 Å². The molecule has 0 saturated carbocycles. The average Bonchev–Trinajstić information content (AvgIpc) is 3.00. The first kappa shape index (κ1) is 23.2. The zero-order valence-corrected chi connectivity index (χ0v) is 19.7. The van der Waals surface area contributed by atoms with Crippen molar-refractivity contribution in [3.05, 3.63) is 106 Å². The molecule has 0 spiro atoms. The second-order valence-electron chi connectivity index (χ2n) is 8.50. The highest BCUT2D eigenvalue weighted by molar-refractivity contribution is 7.92. The van der Waals surface area contributed by atoms with Crippen LogP contribution in [0.5, 0.6) is 0 Å². The molecule has 174 valence electrons. The molecule has 0 unspecified atom stereocenters. The molecule has 34 heavy (non-hydrogen) atoms. The second-order valence-corrected chi connectivity index (χ2v) is 10.2. The number of nitrogens with zero attached hydrogens (tertiary/aromatic N) is 2. The molecule has 0 bridgehead atoms. The number of likely N-dealkylation sites (N-methyl/N-ethyl adjacent to an activating group) is 1. The van der Waals surface area contributed by atoms with Crippen LogP contribution in [0.1, 0.15) is 29.8 Å². The van der Waals surface area contributed by atoms with E-state index in [2.05, 4.69) is 4.72 Å². The number of allylic oxidation sites excluding steroid dienone is 2. The Morgan fingerprint density at radius 1 is 1.03 bits per heavy atom. The fraction of sp³-hybridized carbons (Fsp3) is 0.160. The molecule has 1 aliphatic rings. The average molecular weight is 478 g/mol. The van der Waals surface area contributed by atoms with Crippen molar-refractivity contribution in [2.45, 2.75) is 24.2 Å². The van der Waals surface area contributed by atoms with E-state index in [9.17, 15) is 23.3 Å². The normalized spacial score (nSPS) is 15.7. The summed E-state index contributed by atoms with van der Waals surface area (Å²) >= 11 is 0. The maximum Gasteiger partial charge on any atom is 0.270 e. The lowest BCUT2D eigenvalue weighted by molar-refractivity contribution is -0.385. The third-order valence-electron chi connectivity index (χ3n) is 5.98. The molecule has 1 heterocycles. The number of non-ortho nitro benzene ring substituents is 1. The van der Waals surface area contributed by atoms with Crippen molar-refractivity contribution in [3.63, 3.8) is 0 Å². The molecule has 9 heteroatoms. The molecule has 4 rings (SSSR count). The van der Waals surface area contributed by atoms with Gasteiger partial charge in [-0.2, -0.15) is 0 Å². The van der Waals surface area contributed by atoms with Gasteiger partial charge in [-0.1, -0.05) is 50.2 Å². The van der Waals surface area contributed by atoms with E-state index in [4.69, 9.17) is 0 Å². The summed E-state index contributed by atoms with van der Waals surface area (Å²) in [5.41, 5.74) is 2.38. The Morgan fingerprint density at radius 3 is 2.41 bits per heavy atom. The summed E-state index contributed by atoms with van der Waals surface area (Å²) in [7, 11) is -2.28. The zero-order valence-electron chi connectivity index (χ0n) is 18.8. The molecule has 3 aromatic carbocycles. The number of rotatable bonds is 6. The van der Waals surface area contributed by atoms with Crippen LogP contribution in [0.3, 0.4) is 0 Å². The molecule has 0 saturated heterocycles. The van der Waals surface area contributed by atoms with Crippen LogP contribution in [0.15, 0.2) is 89.5 Å². The summed E-state index contributed by atoms with van der Waals surface area (Å²) in [6.45, 7) is 4.07. The Kier molecular flexibility index (Phi) is 5.74. The number of nitrogens with one attached hydrogen (secondary N) is 1. The van der Waals surface area contributed by atoms with E-state index in [-0.39, 0.29) is 27.6 Å². The third kappa shape index (κ3) is 4.06. The Balaban J connectivity index is 1.69. The number of para-hydroxylation sites is 2. The Morgan fingerprint density at radius 2 is 1.71 bits per heavy atom. The number of nitro benzene ring substituents is 1. The topological polar surface area (TPSA) is 110 Å².